The highest BCUT2D eigenvalue weighted by atomic mass is 16.6. The van der Waals surface area contributed by atoms with Gasteiger partial charge in [0.1, 0.15) is 11.2 Å². The molecule has 0 saturated carbocycles. The van der Waals surface area contributed by atoms with Crippen LogP contribution in [0, 0.1) is 5.92 Å². The molecule has 0 aromatic heterocycles. The summed E-state index contributed by atoms with van der Waals surface area (Å²) in [6.45, 7) is 15.3. The molecule has 1 rings (SSSR count). The standard InChI is InChI=1S/C17H29NO4/c1-11(2)13-12(14(19)21-16(3,4)5)9-10-18(13)15(20)22-17(6,7)8/h9,11,13H,10H2,1-8H3. The van der Waals surface area contributed by atoms with Gasteiger partial charge in [0, 0.05) is 6.54 Å². The third-order valence-corrected chi connectivity index (χ3v) is 3.06. The van der Waals surface area contributed by atoms with Crippen LogP contribution in [0.2, 0.25) is 0 Å². The lowest BCUT2D eigenvalue weighted by molar-refractivity contribution is -0.150. The van der Waals surface area contributed by atoms with Crippen molar-refractivity contribution in [3.05, 3.63) is 11.6 Å². The molecule has 1 amide bonds. The van der Waals surface area contributed by atoms with Crippen molar-refractivity contribution < 1.29 is 19.1 Å². The highest BCUT2D eigenvalue weighted by molar-refractivity contribution is 5.92. The molecular formula is C17H29NO4. The number of rotatable bonds is 2. The molecule has 0 aromatic rings. The molecule has 0 fully saturated rings. The fourth-order valence-electron chi connectivity index (χ4n) is 2.37. The number of carbonyl (C=O) groups excluding carboxylic acids is 2. The fraction of sp³-hybridized carbons (Fsp3) is 0.765. The van der Waals surface area contributed by atoms with E-state index in [9.17, 15) is 9.59 Å². The fourth-order valence-corrected chi connectivity index (χ4v) is 2.37. The summed E-state index contributed by atoms with van der Waals surface area (Å²) in [7, 11) is 0. The first-order valence-corrected chi connectivity index (χ1v) is 7.75. The van der Waals surface area contributed by atoms with Crippen LogP contribution in [-0.4, -0.2) is 40.8 Å². The summed E-state index contributed by atoms with van der Waals surface area (Å²) in [4.78, 5) is 26.3. The zero-order chi connectivity index (χ0) is 17.3. The van der Waals surface area contributed by atoms with Gasteiger partial charge in [0.25, 0.3) is 0 Å². The number of esters is 1. The molecule has 22 heavy (non-hydrogen) atoms. The first-order chi connectivity index (χ1) is 9.82. The molecule has 5 nitrogen and oxygen atoms in total. The minimum atomic E-state index is -0.562. The Kier molecular flexibility index (Phi) is 5.31. The number of hydrogen-bond acceptors (Lipinski definition) is 4. The van der Waals surface area contributed by atoms with Gasteiger partial charge in [-0.2, -0.15) is 0 Å². The van der Waals surface area contributed by atoms with Gasteiger partial charge in [-0.25, -0.2) is 9.59 Å². The Morgan fingerprint density at radius 1 is 1.09 bits per heavy atom. The van der Waals surface area contributed by atoms with Gasteiger partial charge < -0.3 is 9.47 Å². The molecule has 1 heterocycles. The SMILES string of the molecule is CC(C)C1C(C(=O)OC(C)(C)C)=CCN1C(=O)OC(C)(C)C. The second kappa shape index (κ2) is 6.31. The van der Waals surface area contributed by atoms with Crippen molar-refractivity contribution in [2.45, 2.75) is 72.6 Å². The van der Waals surface area contributed by atoms with E-state index in [1.165, 1.54) is 0 Å². The van der Waals surface area contributed by atoms with Crippen molar-refractivity contribution in [2.75, 3.05) is 6.54 Å². The largest absolute Gasteiger partial charge is 0.457 e. The van der Waals surface area contributed by atoms with Gasteiger partial charge in [-0.15, -0.1) is 0 Å². The predicted octanol–water partition coefficient (Wildman–Crippen LogP) is 3.53. The molecule has 0 aliphatic carbocycles. The van der Waals surface area contributed by atoms with Crippen LogP contribution in [0.1, 0.15) is 55.4 Å². The van der Waals surface area contributed by atoms with Crippen molar-refractivity contribution in [3.63, 3.8) is 0 Å². The molecule has 0 spiro atoms. The van der Waals surface area contributed by atoms with Crippen LogP contribution in [0.5, 0.6) is 0 Å². The number of carbonyl (C=O) groups is 2. The summed E-state index contributed by atoms with van der Waals surface area (Å²) >= 11 is 0. The van der Waals surface area contributed by atoms with E-state index in [-0.39, 0.29) is 17.9 Å². The molecule has 1 atom stereocenters. The summed E-state index contributed by atoms with van der Waals surface area (Å²) in [6.07, 6.45) is 1.36. The topological polar surface area (TPSA) is 55.8 Å². The summed E-state index contributed by atoms with van der Waals surface area (Å²) in [6, 6.07) is -0.315. The molecule has 0 N–H and O–H groups in total. The number of amides is 1. The van der Waals surface area contributed by atoms with Crippen LogP contribution in [0.15, 0.2) is 11.6 Å². The van der Waals surface area contributed by atoms with Gasteiger partial charge in [0.15, 0.2) is 0 Å². The highest BCUT2D eigenvalue weighted by Gasteiger charge is 2.40. The summed E-state index contributed by atoms with van der Waals surface area (Å²) in [5, 5.41) is 0. The summed E-state index contributed by atoms with van der Waals surface area (Å²) in [5.41, 5.74) is -0.581. The average molecular weight is 311 g/mol. The predicted molar refractivity (Wildman–Crippen MR) is 85.5 cm³/mol. The lowest BCUT2D eigenvalue weighted by Crippen LogP contribution is -2.45. The lowest BCUT2D eigenvalue weighted by Gasteiger charge is -2.32. The molecule has 0 aromatic carbocycles. The normalized spacial score (nSPS) is 19.2. The van der Waals surface area contributed by atoms with Crippen LogP contribution in [0.25, 0.3) is 0 Å². The van der Waals surface area contributed by atoms with E-state index >= 15 is 0 Å². The second-order valence-electron chi connectivity index (χ2n) is 7.98. The maximum absolute atomic E-state index is 12.4. The van der Waals surface area contributed by atoms with Crippen molar-refractivity contribution in [1.29, 1.82) is 0 Å². The van der Waals surface area contributed by atoms with Crippen LogP contribution < -0.4 is 0 Å². The summed E-state index contributed by atoms with van der Waals surface area (Å²) in [5.74, 6) is -0.272. The maximum Gasteiger partial charge on any atom is 0.411 e. The van der Waals surface area contributed by atoms with E-state index in [2.05, 4.69) is 0 Å². The third-order valence-electron chi connectivity index (χ3n) is 3.06. The molecule has 0 bridgehead atoms. The Labute approximate surface area is 133 Å². The lowest BCUT2D eigenvalue weighted by atomic mass is 9.97. The van der Waals surface area contributed by atoms with Crippen LogP contribution in [-0.2, 0) is 14.3 Å². The molecule has 5 heteroatoms. The van der Waals surface area contributed by atoms with Crippen molar-refractivity contribution >= 4 is 12.1 Å². The van der Waals surface area contributed by atoms with Crippen LogP contribution in [0.3, 0.4) is 0 Å². The Hall–Kier alpha value is -1.52. The van der Waals surface area contributed by atoms with Gasteiger partial charge >= 0.3 is 12.1 Å². The molecule has 126 valence electrons. The maximum atomic E-state index is 12.4. The van der Waals surface area contributed by atoms with E-state index < -0.39 is 17.3 Å². The number of ether oxygens (including phenoxy) is 2. The van der Waals surface area contributed by atoms with Gasteiger partial charge in [-0.1, -0.05) is 19.9 Å². The number of nitrogens with zero attached hydrogens (tertiary/aromatic N) is 1. The molecule has 1 aliphatic rings. The Morgan fingerprint density at radius 3 is 2.00 bits per heavy atom. The Balaban J connectivity index is 2.91. The molecule has 1 unspecified atom stereocenters. The second-order valence-corrected chi connectivity index (χ2v) is 7.98. The molecular weight excluding hydrogens is 282 g/mol. The average Bonchev–Trinajstić information content (AvgIpc) is 2.68. The Bertz CT molecular complexity index is 466. The van der Waals surface area contributed by atoms with Crippen molar-refractivity contribution in [3.8, 4) is 0 Å². The highest BCUT2D eigenvalue weighted by Crippen LogP contribution is 2.29. The third kappa shape index (κ3) is 5.04. The van der Waals surface area contributed by atoms with Gasteiger partial charge in [-0.3, -0.25) is 4.90 Å². The first kappa shape index (κ1) is 18.5. The quantitative estimate of drug-likeness (QED) is 0.732. The molecule has 0 radical (unpaired) electrons. The molecule has 0 saturated heterocycles. The molecule has 1 aliphatic heterocycles. The van der Waals surface area contributed by atoms with E-state index in [0.717, 1.165) is 0 Å². The Morgan fingerprint density at radius 2 is 1.59 bits per heavy atom. The van der Waals surface area contributed by atoms with Crippen LogP contribution >= 0.6 is 0 Å². The monoisotopic (exact) mass is 311 g/mol. The minimum Gasteiger partial charge on any atom is -0.457 e. The smallest absolute Gasteiger partial charge is 0.411 e. The summed E-state index contributed by atoms with van der Waals surface area (Å²) < 4.78 is 10.9. The van der Waals surface area contributed by atoms with Gasteiger partial charge in [0.05, 0.1) is 11.6 Å². The minimum absolute atomic E-state index is 0.0915. The number of hydrogen-bond donors (Lipinski definition) is 0. The first-order valence-electron chi connectivity index (χ1n) is 7.75. The van der Waals surface area contributed by atoms with Crippen molar-refractivity contribution in [2.24, 2.45) is 5.92 Å². The van der Waals surface area contributed by atoms with E-state index in [1.807, 2.05) is 55.4 Å². The zero-order valence-electron chi connectivity index (χ0n) is 15.0. The van der Waals surface area contributed by atoms with E-state index in [1.54, 1.807) is 11.0 Å². The van der Waals surface area contributed by atoms with E-state index in [0.29, 0.717) is 12.1 Å². The van der Waals surface area contributed by atoms with E-state index in [4.69, 9.17) is 9.47 Å². The van der Waals surface area contributed by atoms with Gasteiger partial charge in [-0.05, 0) is 47.5 Å². The van der Waals surface area contributed by atoms with Gasteiger partial charge in [0.2, 0.25) is 0 Å². The van der Waals surface area contributed by atoms with Crippen molar-refractivity contribution in [1.82, 2.24) is 4.90 Å². The zero-order valence-corrected chi connectivity index (χ0v) is 15.0. The van der Waals surface area contributed by atoms with Crippen LogP contribution in [0.4, 0.5) is 4.79 Å².